The first-order valence-corrected chi connectivity index (χ1v) is 8.32. The van der Waals surface area contributed by atoms with Crippen LogP contribution in [0.15, 0.2) is 12.1 Å². The van der Waals surface area contributed by atoms with E-state index in [1.165, 1.54) is 0 Å². The fraction of sp³-hybridized carbons (Fsp3) is 0.600. The number of phenolic OH excluding ortho intramolecular Hbond substituents is 1. The Hall–Kier alpha value is -0.830. The first kappa shape index (κ1) is 17.2. The van der Waals surface area contributed by atoms with Crippen molar-refractivity contribution in [3.05, 3.63) is 28.8 Å². The first-order chi connectivity index (χ1) is 8.72. The van der Waals surface area contributed by atoms with E-state index in [4.69, 9.17) is 0 Å². The molecule has 0 aliphatic rings. The highest BCUT2D eigenvalue weighted by Crippen LogP contribution is 2.41. The van der Waals surface area contributed by atoms with Crippen molar-refractivity contribution < 1.29 is 19.5 Å². The molecule has 0 bridgehead atoms. The van der Waals surface area contributed by atoms with E-state index in [0.717, 1.165) is 0 Å². The van der Waals surface area contributed by atoms with Gasteiger partial charge in [0.15, 0.2) is 0 Å². The van der Waals surface area contributed by atoms with Crippen LogP contribution < -0.4 is 9.79 Å². The van der Waals surface area contributed by atoms with Crippen LogP contribution in [0.1, 0.15) is 58.2 Å². The SMILES string of the molecule is CC(C)(C)c1cc(CP(=O)([O-])[O-])cc(C(C)(C)C)c1O. The third kappa shape index (κ3) is 4.34. The summed E-state index contributed by atoms with van der Waals surface area (Å²) in [6.07, 6.45) is -0.528. The van der Waals surface area contributed by atoms with E-state index in [1.54, 1.807) is 12.1 Å². The van der Waals surface area contributed by atoms with Crippen LogP contribution in [0.4, 0.5) is 0 Å². The zero-order valence-corrected chi connectivity index (χ0v) is 13.9. The standard InChI is InChI=1S/C15H25O4P/c1-14(2,3)11-7-10(9-20(17,18)19)8-12(13(11)16)15(4,5)6/h7-8,16H,9H2,1-6H3,(H2,17,18,19)/p-2. The van der Waals surface area contributed by atoms with Crippen LogP contribution in [0, 0.1) is 0 Å². The Bertz CT molecular complexity index is 509. The van der Waals surface area contributed by atoms with Crippen molar-refractivity contribution in [3.63, 3.8) is 0 Å². The van der Waals surface area contributed by atoms with Crippen molar-refractivity contribution in [1.82, 2.24) is 0 Å². The number of phenols is 1. The van der Waals surface area contributed by atoms with Crippen molar-refractivity contribution in [2.75, 3.05) is 0 Å². The van der Waals surface area contributed by atoms with E-state index < -0.39 is 13.8 Å². The second-order valence-electron chi connectivity index (χ2n) is 7.31. The van der Waals surface area contributed by atoms with Gasteiger partial charge in [0.2, 0.25) is 0 Å². The molecule has 0 unspecified atom stereocenters. The minimum atomic E-state index is -4.63. The van der Waals surface area contributed by atoms with Crippen LogP contribution >= 0.6 is 7.60 Å². The molecule has 0 heterocycles. The number of hydrogen-bond donors (Lipinski definition) is 1. The Morgan fingerprint density at radius 1 is 1.00 bits per heavy atom. The summed E-state index contributed by atoms with van der Waals surface area (Å²) in [4.78, 5) is 22.0. The molecule has 0 radical (unpaired) electrons. The zero-order valence-electron chi connectivity index (χ0n) is 13.0. The fourth-order valence-electron chi connectivity index (χ4n) is 2.15. The molecule has 0 aliphatic heterocycles. The summed E-state index contributed by atoms with van der Waals surface area (Å²) in [5, 5.41) is 10.5. The zero-order chi connectivity index (χ0) is 15.9. The Morgan fingerprint density at radius 3 is 1.60 bits per heavy atom. The molecule has 0 atom stereocenters. The molecule has 114 valence electrons. The van der Waals surface area contributed by atoms with Crippen LogP contribution in [-0.2, 0) is 21.6 Å². The molecule has 1 aromatic carbocycles. The Labute approximate surface area is 121 Å². The quantitative estimate of drug-likeness (QED) is 0.850. The summed E-state index contributed by atoms with van der Waals surface area (Å²) in [6, 6.07) is 3.24. The summed E-state index contributed by atoms with van der Waals surface area (Å²) in [7, 11) is -4.63. The van der Waals surface area contributed by atoms with Gasteiger partial charge in [0.25, 0.3) is 0 Å². The topological polar surface area (TPSA) is 83.4 Å². The predicted molar refractivity (Wildman–Crippen MR) is 76.8 cm³/mol. The van der Waals surface area contributed by atoms with Crippen molar-refractivity contribution >= 4 is 7.60 Å². The van der Waals surface area contributed by atoms with Crippen LogP contribution in [0.5, 0.6) is 5.75 Å². The maximum atomic E-state index is 11.0. The fourth-order valence-corrected chi connectivity index (χ4v) is 2.78. The molecule has 4 nitrogen and oxygen atoms in total. The smallest absolute Gasteiger partial charge is 0.123 e. The maximum absolute atomic E-state index is 11.0. The molecular weight excluding hydrogens is 275 g/mol. The molecule has 0 saturated heterocycles. The van der Waals surface area contributed by atoms with Gasteiger partial charge in [-0.1, -0.05) is 61.3 Å². The highest BCUT2D eigenvalue weighted by atomic mass is 31.2. The highest BCUT2D eigenvalue weighted by molar-refractivity contribution is 7.47. The van der Waals surface area contributed by atoms with Gasteiger partial charge >= 0.3 is 0 Å². The first-order valence-electron chi connectivity index (χ1n) is 6.60. The van der Waals surface area contributed by atoms with Crippen molar-refractivity contribution in [3.8, 4) is 5.75 Å². The molecular formula is C15H23O4P-2. The van der Waals surface area contributed by atoms with Crippen molar-refractivity contribution in [2.24, 2.45) is 0 Å². The van der Waals surface area contributed by atoms with Crippen LogP contribution in [-0.4, -0.2) is 5.11 Å². The van der Waals surface area contributed by atoms with Gasteiger partial charge in [0.05, 0.1) is 0 Å². The average molecular weight is 298 g/mol. The van der Waals surface area contributed by atoms with Crippen molar-refractivity contribution in [2.45, 2.75) is 58.5 Å². The van der Waals surface area contributed by atoms with E-state index in [-0.39, 0.29) is 16.6 Å². The van der Waals surface area contributed by atoms with Crippen LogP contribution in [0.2, 0.25) is 0 Å². The molecule has 0 aliphatic carbocycles. The molecule has 0 fully saturated rings. The lowest BCUT2D eigenvalue weighted by molar-refractivity contribution is -0.314. The molecule has 5 heteroatoms. The normalized spacial score (nSPS) is 13.6. The highest BCUT2D eigenvalue weighted by Gasteiger charge is 2.26. The van der Waals surface area contributed by atoms with Crippen LogP contribution in [0.25, 0.3) is 0 Å². The summed E-state index contributed by atoms with van der Waals surface area (Å²) >= 11 is 0. The third-order valence-corrected chi connectivity index (χ3v) is 3.91. The van der Waals surface area contributed by atoms with Gasteiger partial charge in [0.1, 0.15) is 5.75 Å². The minimum Gasteiger partial charge on any atom is -0.810 e. The van der Waals surface area contributed by atoms with Gasteiger partial charge in [-0.2, -0.15) is 0 Å². The van der Waals surface area contributed by atoms with E-state index in [2.05, 4.69) is 0 Å². The Morgan fingerprint density at radius 2 is 1.35 bits per heavy atom. The predicted octanol–water partition coefficient (Wildman–Crippen LogP) is 2.40. The minimum absolute atomic E-state index is 0.181. The lowest BCUT2D eigenvalue weighted by Gasteiger charge is -2.32. The lowest BCUT2D eigenvalue weighted by atomic mass is 9.78. The van der Waals surface area contributed by atoms with Crippen molar-refractivity contribution in [1.29, 1.82) is 0 Å². The lowest BCUT2D eigenvalue weighted by Crippen LogP contribution is -2.20. The molecule has 1 N–H and O–H groups in total. The summed E-state index contributed by atoms with van der Waals surface area (Å²) in [5.74, 6) is 0.181. The van der Waals surface area contributed by atoms with Crippen LogP contribution in [0.3, 0.4) is 0 Å². The molecule has 1 rings (SSSR count). The van der Waals surface area contributed by atoms with E-state index in [9.17, 15) is 19.5 Å². The van der Waals surface area contributed by atoms with Gasteiger partial charge in [-0.15, -0.1) is 0 Å². The number of benzene rings is 1. The maximum Gasteiger partial charge on any atom is 0.123 e. The van der Waals surface area contributed by atoms with Gasteiger partial charge in [-0.25, -0.2) is 0 Å². The number of hydrogen-bond acceptors (Lipinski definition) is 4. The van der Waals surface area contributed by atoms with Gasteiger partial charge in [0, 0.05) is 6.16 Å². The summed E-state index contributed by atoms with van der Waals surface area (Å²) < 4.78 is 11.0. The van der Waals surface area contributed by atoms with Gasteiger partial charge in [-0.3, -0.25) is 0 Å². The summed E-state index contributed by atoms with van der Waals surface area (Å²) in [5.41, 5.74) is 1.08. The molecule has 0 spiro atoms. The van der Waals surface area contributed by atoms with E-state index in [0.29, 0.717) is 16.7 Å². The summed E-state index contributed by atoms with van der Waals surface area (Å²) in [6.45, 7) is 11.6. The van der Waals surface area contributed by atoms with Gasteiger partial charge < -0.3 is 19.5 Å². The second kappa shape index (κ2) is 5.18. The third-order valence-electron chi connectivity index (χ3n) is 3.16. The largest absolute Gasteiger partial charge is 0.810 e. The molecule has 0 saturated carbocycles. The number of rotatable bonds is 2. The molecule has 1 aromatic rings. The Kier molecular flexibility index (Phi) is 4.46. The monoisotopic (exact) mass is 298 g/mol. The molecule has 0 aromatic heterocycles. The second-order valence-corrected chi connectivity index (χ2v) is 8.85. The van der Waals surface area contributed by atoms with E-state index >= 15 is 0 Å². The molecule has 0 amide bonds. The Balaban J connectivity index is 3.55. The average Bonchev–Trinajstić information content (AvgIpc) is 2.14. The molecule has 20 heavy (non-hydrogen) atoms. The van der Waals surface area contributed by atoms with Gasteiger partial charge in [-0.05, 0) is 27.5 Å². The van der Waals surface area contributed by atoms with E-state index in [1.807, 2.05) is 41.5 Å². The number of aromatic hydroxyl groups is 1.